The second-order valence-electron chi connectivity index (χ2n) is 4.45. The van der Waals surface area contributed by atoms with Crippen molar-refractivity contribution in [3.8, 4) is 5.75 Å². The molecule has 0 saturated heterocycles. The van der Waals surface area contributed by atoms with E-state index in [1.807, 2.05) is 24.3 Å². The highest BCUT2D eigenvalue weighted by Crippen LogP contribution is 2.34. The number of aromatic carboxylic acids is 1. The average Bonchev–Trinajstić information content (AvgIpc) is 2.81. The number of nitrogens with zero attached hydrogens (tertiary/aromatic N) is 2. The van der Waals surface area contributed by atoms with Crippen LogP contribution >= 0.6 is 0 Å². The SMILES string of the molecule is Cc1nc(C2Cc3ccccc3O2)ncc1C(=O)O. The van der Waals surface area contributed by atoms with E-state index >= 15 is 0 Å². The molecule has 0 radical (unpaired) electrons. The standard InChI is InChI=1S/C14H12N2O3/c1-8-10(14(17)18)7-15-13(16-8)12-6-9-4-2-3-5-11(9)19-12/h2-5,7,12H,6H2,1H3,(H,17,18). The molecule has 0 bridgehead atoms. The van der Waals surface area contributed by atoms with Gasteiger partial charge in [0.25, 0.3) is 0 Å². The van der Waals surface area contributed by atoms with Crippen LogP contribution in [-0.2, 0) is 6.42 Å². The lowest BCUT2D eigenvalue weighted by atomic mass is 10.1. The largest absolute Gasteiger partial charge is 0.482 e. The topological polar surface area (TPSA) is 72.3 Å². The third-order valence-electron chi connectivity index (χ3n) is 3.16. The van der Waals surface area contributed by atoms with E-state index in [9.17, 15) is 4.79 Å². The van der Waals surface area contributed by atoms with Crippen molar-refractivity contribution >= 4 is 5.97 Å². The van der Waals surface area contributed by atoms with Gasteiger partial charge in [0.2, 0.25) is 0 Å². The van der Waals surface area contributed by atoms with E-state index in [1.165, 1.54) is 6.20 Å². The monoisotopic (exact) mass is 256 g/mol. The maximum absolute atomic E-state index is 10.9. The summed E-state index contributed by atoms with van der Waals surface area (Å²) in [6.45, 7) is 1.66. The fourth-order valence-corrected chi connectivity index (χ4v) is 2.18. The first-order valence-corrected chi connectivity index (χ1v) is 5.96. The van der Waals surface area contributed by atoms with Crippen LogP contribution in [0.5, 0.6) is 5.75 Å². The Morgan fingerprint density at radius 2 is 2.21 bits per heavy atom. The normalized spacial score (nSPS) is 16.8. The lowest BCUT2D eigenvalue weighted by molar-refractivity contribution is 0.0694. The van der Waals surface area contributed by atoms with Crippen molar-refractivity contribution in [2.24, 2.45) is 0 Å². The highest BCUT2D eigenvalue weighted by molar-refractivity contribution is 5.88. The highest BCUT2D eigenvalue weighted by Gasteiger charge is 2.26. The van der Waals surface area contributed by atoms with Crippen molar-refractivity contribution in [3.63, 3.8) is 0 Å². The molecule has 3 rings (SSSR count). The lowest BCUT2D eigenvalue weighted by Gasteiger charge is -2.10. The number of carboxylic acids is 1. The van der Waals surface area contributed by atoms with Crippen LogP contribution in [0.1, 0.15) is 33.5 Å². The second kappa shape index (κ2) is 4.35. The first-order valence-electron chi connectivity index (χ1n) is 5.96. The molecule has 1 atom stereocenters. The van der Waals surface area contributed by atoms with Gasteiger partial charge in [0, 0.05) is 12.6 Å². The van der Waals surface area contributed by atoms with Crippen LogP contribution in [0.15, 0.2) is 30.5 Å². The van der Waals surface area contributed by atoms with Gasteiger partial charge in [-0.1, -0.05) is 18.2 Å². The molecular weight excluding hydrogens is 244 g/mol. The minimum Gasteiger partial charge on any atom is -0.482 e. The van der Waals surface area contributed by atoms with Gasteiger partial charge in [-0.15, -0.1) is 0 Å². The molecule has 1 aliphatic heterocycles. The number of benzene rings is 1. The van der Waals surface area contributed by atoms with Crippen LogP contribution in [-0.4, -0.2) is 21.0 Å². The number of aromatic nitrogens is 2. The number of para-hydroxylation sites is 1. The van der Waals surface area contributed by atoms with Gasteiger partial charge in [0.05, 0.1) is 11.3 Å². The lowest BCUT2D eigenvalue weighted by Crippen LogP contribution is -2.12. The van der Waals surface area contributed by atoms with Gasteiger partial charge in [-0.25, -0.2) is 14.8 Å². The number of rotatable bonds is 2. The molecule has 1 aromatic heterocycles. The zero-order valence-electron chi connectivity index (χ0n) is 10.3. The smallest absolute Gasteiger partial charge is 0.339 e. The molecule has 0 aliphatic carbocycles. The van der Waals surface area contributed by atoms with Crippen LogP contribution in [0.2, 0.25) is 0 Å². The second-order valence-corrected chi connectivity index (χ2v) is 4.45. The summed E-state index contributed by atoms with van der Waals surface area (Å²) < 4.78 is 5.78. The highest BCUT2D eigenvalue weighted by atomic mass is 16.5. The van der Waals surface area contributed by atoms with Gasteiger partial charge >= 0.3 is 5.97 Å². The molecule has 2 heterocycles. The first kappa shape index (κ1) is 11.6. The van der Waals surface area contributed by atoms with Crippen molar-refractivity contribution in [3.05, 3.63) is 53.1 Å². The van der Waals surface area contributed by atoms with E-state index in [-0.39, 0.29) is 11.7 Å². The van der Waals surface area contributed by atoms with Crippen molar-refractivity contribution in [1.82, 2.24) is 9.97 Å². The molecule has 2 aromatic rings. The molecule has 0 fully saturated rings. The van der Waals surface area contributed by atoms with E-state index in [0.29, 0.717) is 17.9 Å². The quantitative estimate of drug-likeness (QED) is 0.891. The number of ether oxygens (including phenoxy) is 1. The summed E-state index contributed by atoms with van der Waals surface area (Å²) in [4.78, 5) is 19.3. The predicted molar refractivity (Wildman–Crippen MR) is 67.2 cm³/mol. The van der Waals surface area contributed by atoms with Crippen molar-refractivity contribution < 1.29 is 14.6 Å². The Hall–Kier alpha value is -2.43. The third kappa shape index (κ3) is 2.03. The Bertz CT molecular complexity index is 630. The van der Waals surface area contributed by atoms with E-state index in [1.54, 1.807) is 6.92 Å². The summed E-state index contributed by atoms with van der Waals surface area (Å²) in [5.74, 6) is 0.356. The summed E-state index contributed by atoms with van der Waals surface area (Å²) in [6, 6.07) is 7.80. The average molecular weight is 256 g/mol. The van der Waals surface area contributed by atoms with E-state index in [4.69, 9.17) is 9.84 Å². The zero-order chi connectivity index (χ0) is 13.4. The summed E-state index contributed by atoms with van der Waals surface area (Å²) in [7, 11) is 0. The van der Waals surface area contributed by atoms with Crippen molar-refractivity contribution in [1.29, 1.82) is 0 Å². The number of aryl methyl sites for hydroxylation is 1. The number of fused-ring (bicyclic) bond motifs is 1. The molecular formula is C14H12N2O3. The minimum absolute atomic E-state index is 0.124. The zero-order valence-corrected chi connectivity index (χ0v) is 10.3. The maximum Gasteiger partial charge on any atom is 0.339 e. The summed E-state index contributed by atoms with van der Waals surface area (Å²) in [5.41, 5.74) is 1.70. The summed E-state index contributed by atoms with van der Waals surface area (Å²) in [5, 5.41) is 8.95. The maximum atomic E-state index is 10.9. The number of hydrogen-bond donors (Lipinski definition) is 1. The van der Waals surface area contributed by atoms with Crippen LogP contribution < -0.4 is 4.74 Å². The molecule has 5 heteroatoms. The van der Waals surface area contributed by atoms with Crippen LogP contribution in [0.25, 0.3) is 0 Å². The Morgan fingerprint density at radius 3 is 2.89 bits per heavy atom. The molecule has 1 aliphatic rings. The molecule has 1 aromatic carbocycles. The van der Waals surface area contributed by atoms with Crippen LogP contribution in [0.4, 0.5) is 0 Å². The molecule has 0 amide bonds. The van der Waals surface area contributed by atoms with E-state index in [0.717, 1.165) is 11.3 Å². The van der Waals surface area contributed by atoms with Gasteiger partial charge < -0.3 is 9.84 Å². The van der Waals surface area contributed by atoms with Gasteiger partial charge in [0.15, 0.2) is 11.9 Å². The molecule has 1 N–H and O–H groups in total. The fraction of sp³-hybridized carbons (Fsp3) is 0.214. The first-order chi connectivity index (χ1) is 9.15. The van der Waals surface area contributed by atoms with E-state index in [2.05, 4.69) is 9.97 Å². The number of hydrogen-bond acceptors (Lipinski definition) is 4. The third-order valence-corrected chi connectivity index (χ3v) is 3.16. The molecule has 96 valence electrons. The van der Waals surface area contributed by atoms with Gasteiger partial charge in [-0.3, -0.25) is 0 Å². The van der Waals surface area contributed by atoms with Gasteiger partial charge in [-0.05, 0) is 18.6 Å². The molecule has 0 saturated carbocycles. The summed E-state index contributed by atoms with van der Waals surface area (Å²) >= 11 is 0. The van der Waals surface area contributed by atoms with E-state index < -0.39 is 5.97 Å². The van der Waals surface area contributed by atoms with Gasteiger partial charge in [-0.2, -0.15) is 0 Å². The predicted octanol–water partition coefficient (Wildman–Crippen LogP) is 2.16. The molecule has 5 nitrogen and oxygen atoms in total. The Kier molecular flexibility index (Phi) is 2.67. The number of carbonyl (C=O) groups is 1. The molecule has 0 spiro atoms. The molecule has 19 heavy (non-hydrogen) atoms. The Labute approximate surface area is 109 Å². The van der Waals surface area contributed by atoms with Crippen molar-refractivity contribution in [2.45, 2.75) is 19.4 Å². The molecule has 1 unspecified atom stereocenters. The minimum atomic E-state index is -1.01. The van der Waals surface area contributed by atoms with Crippen molar-refractivity contribution in [2.75, 3.05) is 0 Å². The van der Waals surface area contributed by atoms with Crippen LogP contribution in [0.3, 0.4) is 0 Å². The van der Waals surface area contributed by atoms with Crippen LogP contribution in [0, 0.1) is 6.92 Å². The summed E-state index contributed by atoms with van der Waals surface area (Å²) in [6.07, 6.45) is 1.81. The fourth-order valence-electron chi connectivity index (χ4n) is 2.18. The van der Waals surface area contributed by atoms with Gasteiger partial charge in [0.1, 0.15) is 5.75 Å². The number of carboxylic acid groups (broad SMARTS) is 1. The Balaban J connectivity index is 1.90. The Morgan fingerprint density at radius 1 is 1.42 bits per heavy atom.